The molecule has 1 aromatic heterocycles. The second kappa shape index (κ2) is 11.4. The number of likely N-dealkylation sites (tertiary alicyclic amines) is 1. The molecule has 1 fully saturated rings. The number of nitrogens with zero attached hydrogens (tertiary/aromatic N) is 2. The molecule has 10 heteroatoms. The van der Waals surface area contributed by atoms with Crippen molar-refractivity contribution < 1.29 is 24.2 Å². The van der Waals surface area contributed by atoms with Crippen LogP contribution in [0, 0.1) is 12.3 Å². The van der Waals surface area contributed by atoms with Gasteiger partial charge in [0.25, 0.3) is 0 Å². The van der Waals surface area contributed by atoms with E-state index < -0.39 is 41.2 Å². The summed E-state index contributed by atoms with van der Waals surface area (Å²) < 4.78 is 5.36. The van der Waals surface area contributed by atoms with E-state index in [1.165, 1.54) is 4.90 Å². The normalized spacial score (nSPS) is 19.6. The van der Waals surface area contributed by atoms with Gasteiger partial charge in [-0.1, -0.05) is 45.0 Å². The molecule has 0 aliphatic carbocycles. The van der Waals surface area contributed by atoms with Crippen molar-refractivity contribution in [3.8, 4) is 10.4 Å². The van der Waals surface area contributed by atoms with Gasteiger partial charge in [-0.25, -0.2) is 9.78 Å². The van der Waals surface area contributed by atoms with Crippen molar-refractivity contribution in [1.82, 2.24) is 20.5 Å². The second-order valence-electron chi connectivity index (χ2n) is 12.0. The molecular formula is C28H40N4O5S. The Bertz CT molecular complexity index is 1150. The zero-order chi connectivity index (χ0) is 28.4. The first kappa shape index (κ1) is 29.6. The van der Waals surface area contributed by atoms with E-state index in [4.69, 9.17) is 4.74 Å². The summed E-state index contributed by atoms with van der Waals surface area (Å²) in [6.07, 6.45) is -1.43. The number of thiazole rings is 1. The number of carbonyl (C=O) groups is 3. The third-order valence-corrected chi connectivity index (χ3v) is 7.39. The number of rotatable bonds is 6. The number of hydrogen-bond acceptors (Lipinski definition) is 7. The second-order valence-corrected chi connectivity index (χ2v) is 12.8. The van der Waals surface area contributed by atoms with Crippen LogP contribution in [0.1, 0.15) is 72.2 Å². The van der Waals surface area contributed by atoms with Crippen LogP contribution in [0.2, 0.25) is 0 Å². The minimum Gasteiger partial charge on any atom is -0.444 e. The Morgan fingerprint density at radius 1 is 1.11 bits per heavy atom. The van der Waals surface area contributed by atoms with Gasteiger partial charge < -0.3 is 25.4 Å². The molecule has 1 aliphatic heterocycles. The van der Waals surface area contributed by atoms with E-state index in [2.05, 4.69) is 15.6 Å². The fourth-order valence-electron chi connectivity index (χ4n) is 4.44. The lowest BCUT2D eigenvalue weighted by Crippen LogP contribution is -2.58. The highest BCUT2D eigenvalue weighted by atomic mass is 32.1. The maximum atomic E-state index is 13.6. The standard InChI is InChI=1S/C28H40N4O5S/c1-16(18-9-11-19(12-10-18)22-17(2)29-15-38-22)30-24(34)21-13-20(33)14-32(21)25(35)23(27(3,4)5)31-26(36)37-28(6,7)8/h9-12,15-16,20-21,23,33H,13-14H2,1-8H3,(H,30,34)(H,31,36)/t16?,20-,21+,23?/m1/s1. The Kier molecular flexibility index (Phi) is 8.88. The molecule has 2 heterocycles. The Hall–Kier alpha value is -2.98. The van der Waals surface area contributed by atoms with E-state index >= 15 is 0 Å². The van der Waals surface area contributed by atoms with Gasteiger partial charge in [0, 0.05) is 13.0 Å². The number of aliphatic hydroxyl groups is 1. The number of nitrogens with one attached hydrogen (secondary N) is 2. The number of benzene rings is 1. The molecule has 3 N–H and O–H groups in total. The molecule has 0 bridgehead atoms. The Morgan fingerprint density at radius 3 is 2.26 bits per heavy atom. The number of aliphatic hydroxyl groups excluding tert-OH is 1. The molecule has 0 saturated carbocycles. The van der Waals surface area contributed by atoms with E-state index in [0.29, 0.717) is 0 Å². The monoisotopic (exact) mass is 544 g/mol. The zero-order valence-corrected chi connectivity index (χ0v) is 24.3. The molecule has 0 spiro atoms. The predicted octanol–water partition coefficient (Wildman–Crippen LogP) is 4.20. The zero-order valence-electron chi connectivity index (χ0n) is 23.5. The van der Waals surface area contributed by atoms with Gasteiger partial charge in [-0.3, -0.25) is 9.59 Å². The largest absolute Gasteiger partial charge is 0.444 e. The molecular weight excluding hydrogens is 504 g/mol. The number of hydrogen-bond donors (Lipinski definition) is 3. The van der Waals surface area contributed by atoms with Crippen LogP contribution in [0.25, 0.3) is 10.4 Å². The smallest absolute Gasteiger partial charge is 0.408 e. The summed E-state index contributed by atoms with van der Waals surface area (Å²) in [4.78, 5) is 46.3. The third-order valence-electron chi connectivity index (χ3n) is 6.42. The van der Waals surface area contributed by atoms with Gasteiger partial charge in [0.2, 0.25) is 11.8 Å². The molecule has 1 aliphatic rings. The van der Waals surface area contributed by atoms with Crippen LogP contribution >= 0.6 is 11.3 Å². The lowest BCUT2D eigenvalue weighted by atomic mass is 9.85. The Balaban J connectivity index is 1.72. The molecule has 1 saturated heterocycles. The molecule has 3 rings (SSSR count). The van der Waals surface area contributed by atoms with Crippen LogP contribution in [-0.2, 0) is 14.3 Å². The SMILES string of the molecule is Cc1ncsc1-c1ccc(C(C)NC(=O)[C@@H]2C[C@@H](O)CN2C(=O)C(NC(=O)OC(C)(C)C)C(C)(C)C)cc1. The van der Waals surface area contributed by atoms with Gasteiger partial charge >= 0.3 is 6.09 Å². The minimum absolute atomic E-state index is 0.0107. The molecule has 1 aromatic carbocycles. The summed E-state index contributed by atoms with van der Waals surface area (Å²) in [6.45, 7) is 14.6. The van der Waals surface area contributed by atoms with Crippen LogP contribution in [0.15, 0.2) is 29.8 Å². The van der Waals surface area contributed by atoms with Crippen LogP contribution in [0.5, 0.6) is 0 Å². The highest BCUT2D eigenvalue weighted by Gasteiger charge is 2.45. The van der Waals surface area contributed by atoms with Crippen molar-refractivity contribution in [2.24, 2.45) is 5.41 Å². The van der Waals surface area contributed by atoms with Crippen LogP contribution in [0.3, 0.4) is 0 Å². The average molecular weight is 545 g/mol. The van der Waals surface area contributed by atoms with Crippen molar-refractivity contribution in [3.05, 3.63) is 41.0 Å². The summed E-state index contributed by atoms with van der Waals surface area (Å²) in [5.74, 6) is -0.785. The van der Waals surface area contributed by atoms with Crippen LogP contribution in [0.4, 0.5) is 4.79 Å². The van der Waals surface area contributed by atoms with Crippen LogP contribution in [-0.4, -0.2) is 63.2 Å². The van der Waals surface area contributed by atoms with Gasteiger partial charge in [0.15, 0.2) is 0 Å². The molecule has 208 valence electrons. The molecule has 0 radical (unpaired) electrons. The number of ether oxygens (including phenoxy) is 1. The van der Waals surface area contributed by atoms with Crippen molar-refractivity contribution in [2.45, 2.75) is 91.6 Å². The fourth-order valence-corrected chi connectivity index (χ4v) is 5.25. The first-order valence-electron chi connectivity index (χ1n) is 12.9. The van der Waals surface area contributed by atoms with E-state index in [9.17, 15) is 19.5 Å². The van der Waals surface area contributed by atoms with E-state index in [1.807, 2.05) is 64.4 Å². The maximum absolute atomic E-state index is 13.6. The average Bonchev–Trinajstić information content (AvgIpc) is 3.40. The van der Waals surface area contributed by atoms with Gasteiger partial charge in [-0.05, 0) is 51.2 Å². The van der Waals surface area contributed by atoms with Gasteiger partial charge in [-0.15, -0.1) is 11.3 Å². The van der Waals surface area contributed by atoms with E-state index in [0.717, 1.165) is 21.7 Å². The van der Waals surface area contributed by atoms with E-state index in [-0.39, 0.29) is 24.9 Å². The minimum atomic E-state index is -0.946. The lowest BCUT2D eigenvalue weighted by molar-refractivity contribution is -0.142. The number of aromatic nitrogens is 1. The topological polar surface area (TPSA) is 121 Å². The lowest BCUT2D eigenvalue weighted by Gasteiger charge is -2.35. The summed E-state index contributed by atoms with van der Waals surface area (Å²) in [7, 11) is 0. The first-order valence-corrected chi connectivity index (χ1v) is 13.7. The van der Waals surface area contributed by atoms with Crippen molar-refractivity contribution in [3.63, 3.8) is 0 Å². The van der Waals surface area contributed by atoms with Gasteiger partial charge in [0.1, 0.15) is 17.7 Å². The summed E-state index contributed by atoms with van der Waals surface area (Å²) in [6, 6.07) is 5.82. The predicted molar refractivity (Wildman–Crippen MR) is 148 cm³/mol. The first-order chi connectivity index (χ1) is 17.6. The van der Waals surface area contributed by atoms with Crippen molar-refractivity contribution in [2.75, 3.05) is 6.54 Å². The summed E-state index contributed by atoms with van der Waals surface area (Å²) in [5, 5.41) is 16.1. The number of amides is 3. The van der Waals surface area contributed by atoms with E-state index in [1.54, 1.807) is 32.1 Å². The number of aryl methyl sites for hydroxylation is 1. The van der Waals surface area contributed by atoms with Crippen LogP contribution < -0.4 is 10.6 Å². The molecule has 2 aromatic rings. The maximum Gasteiger partial charge on any atom is 0.408 e. The molecule has 38 heavy (non-hydrogen) atoms. The third kappa shape index (κ3) is 7.32. The molecule has 3 amide bonds. The molecule has 9 nitrogen and oxygen atoms in total. The van der Waals surface area contributed by atoms with Crippen molar-refractivity contribution >= 4 is 29.2 Å². The van der Waals surface area contributed by atoms with Gasteiger partial charge in [-0.2, -0.15) is 0 Å². The quantitative estimate of drug-likeness (QED) is 0.501. The molecule has 4 atom stereocenters. The Morgan fingerprint density at radius 2 is 1.74 bits per heavy atom. The highest BCUT2D eigenvalue weighted by molar-refractivity contribution is 7.13. The number of carbonyl (C=O) groups excluding carboxylic acids is 3. The number of alkyl carbamates (subject to hydrolysis) is 1. The highest BCUT2D eigenvalue weighted by Crippen LogP contribution is 2.29. The molecule has 2 unspecified atom stereocenters. The Labute approximate surface area is 229 Å². The number of β-amino-alcohol motifs (C(OH)–C–C–N with tert-alkyl or cyclic N) is 1. The summed E-state index contributed by atoms with van der Waals surface area (Å²) >= 11 is 1.58. The summed E-state index contributed by atoms with van der Waals surface area (Å²) in [5.41, 5.74) is 3.39. The fraction of sp³-hybridized carbons (Fsp3) is 0.571. The van der Waals surface area contributed by atoms with Crippen molar-refractivity contribution in [1.29, 1.82) is 0 Å². The van der Waals surface area contributed by atoms with Gasteiger partial charge in [0.05, 0.1) is 28.2 Å².